The van der Waals surface area contributed by atoms with Gasteiger partial charge in [0.05, 0.1) is 29.2 Å². The van der Waals surface area contributed by atoms with Gasteiger partial charge in [-0.05, 0) is 37.8 Å². The van der Waals surface area contributed by atoms with Gasteiger partial charge in [0.2, 0.25) is 0 Å². The van der Waals surface area contributed by atoms with Crippen LogP contribution in [0.3, 0.4) is 0 Å². The quantitative estimate of drug-likeness (QED) is 0.701. The van der Waals surface area contributed by atoms with Gasteiger partial charge in [-0.1, -0.05) is 42.5 Å². The van der Waals surface area contributed by atoms with E-state index in [9.17, 15) is 4.79 Å². The van der Waals surface area contributed by atoms with Gasteiger partial charge in [0.25, 0.3) is 5.91 Å². The zero-order valence-electron chi connectivity index (χ0n) is 15.9. The second-order valence-corrected chi connectivity index (χ2v) is 9.16. The Morgan fingerprint density at radius 1 is 1.07 bits per heavy atom. The molecule has 2 fully saturated rings. The predicted octanol–water partition coefficient (Wildman–Crippen LogP) is 3.08. The Morgan fingerprint density at radius 3 is 2.64 bits per heavy atom. The third-order valence-electron chi connectivity index (χ3n) is 5.95. The minimum absolute atomic E-state index is 0.126. The Hall–Kier alpha value is -2.24. The van der Waals surface area contributed by atoms with E-state index in [1.165, 1.54) is 14.6 Å². The van der Waals surface area contributed by atoms with Gasteiger partial charge in [0, 0.05) is 11.6 Å². The van der Waals surface area contributed by atoms with Crippen molar-refractivity contribution < 1.29 is 9.69 Å². The van der Waals surface area contributed by atoms with E-state index in [0.29, 0.717) is 12.0 Å². The van der Waals surface area contributed by atoms with E-state index in [2.05, 4.69) is 41.7 Å². The van der Waals surface area contributed by atoms with Crippen molar-refractivity contribution in [3.63, 3.8) is 0 Å². The summed E-state index contributed by atoms with van der Waals surface area (Å²) in [5.74, 6) is 0.620. The number of thiazole rings is 1. The average Bonchev–Trinajstić information content (AvgIpc) is 3.43. The predicted molar refractivity (Wildman–Crippen MR) is 113 cm³/mol. The fraction of sp³-hybridized carbons (Fsp3) is 0.391. The highest BCUT2D eigenvalue weighted by Gasteiger charge is 2.38. The molecular weight excluding hydrogens is 366 g/mol. The molecule has 1 amide bonds. The molecule has 28 heavy (non-hydrogen) atoms. The van der Waals surface area contributed by atoms with Gasteiger partial charge in [-0.3, -0.25) is 4.79 Å². The summed E-state index contributed by atoms with van der Waals surface area (Å²) >= 11 is 1.82. The molecule has 0 spiro atoms. The highest BCUT2D eigenvalue weighted by atomic mass is 32.1. The average molecular weight is 393 g/mol. The molecule has 1 aliphatic carbocycles. The third kappa shape index (κ3) is 3.69. The lowest BCUT2D eigenvalue weighted by Gasteiger charge is -2.34. The van der Waals surface area contributed by atoms with Gasteiger partial charge in [-0.25, -0.2) is 4.98 Å². The van der Waals surface area contributed by atoms with Crippen molar-refractivity contribution in [1.82, 2.24) is 10.3 Å². The fourth-order valence-electron chi connectivity index (χ4n) is 4.36. The molecule has 5 heteroatoms. The zero-order valence-corrected chi connectivity index (χ0v) is 16.8. The van der Waals surface area contributed by atoms with Crippen molar-refractivity contribution in [3.05, 3.63) is 65.2 Å². The number of nitrogens with one attached hydrogen (secondary N) is 2. The molecule has 144 valence electrons. The van der Waals surface area contributed by atoms with Crippen molar-refractivity contribution in [3.8, 4) is 0 Å². The molecule has 2 N–H and O–H groups in total. The Kier molecular flexibility index (Phi) is 4.87. The summed E-state index contributed by atoms with van der Waals surface area (Å²) in [5.41, 5.74) is 2.22. The van der Waals surface area contributed by atoms with E-state index >= 15 is 0 Å². The lowest BCUT2D eigenvalue weighted by molar-refractivity contribution is -0.928. The van der Waals surface area contributed by atoms with Gasteiger partial charge >= 0.3 is 0 Å². The normalized spacial score (nSPS) is 23.4. The summed E-state index contributed by atoms with van der Waals surface area (Å²) in [6, 6.07) is 19.0. The summed E-state index contributed by atoms with van der Waals surface area (Å²) in [7, 11) is 0. The van der Waals surface area contributed by atoms with Crippen LogP contribution in [-0.2, 0) is 4.79 Å². The lowest BCUT2D eigenvalue weighted by Crippen LogP contribution is -3.14. The minimum atomic E-state index is -0.126. The number of amides is 1. The summed E-state index contributed by atoms with van der Waals surface area (Å²) in [5, 5.41) is 4.48. The number of fused-ring (bicyclic) bond motifs is 1. The molecule has 2 aliphatic rings. The van der Waals surface area contributed by atoms with Crippen molar-refractivity contribution >= 4 is 27.5 Å². The number of nitrogens with zero attached hydrogens (tertiary/aromatic N) is 1. The molecule has 3 aromatic rings. The minimum Gasteiger partial charge on any atom is -0.348 e. The first-order valence-corrected chi connectivity index (χ1v) is 11.1. The Morgan fingerprint density at radius 2 is 1.86 bits per heavy atom. The number of rotatable bonds is 5. The molecule has 5 rings (SSSR count). The molecule has 0 bridgehead atoms. The Balaban J connectivity index is 1.41. The van der Waals surface area contributed by atoms with Gasteiger partial charge in [-0.15, -0.1) is 11.3 Å². The van der Waals surface area contributed by atoms with Gasteiger partial charge in [-0.2, -0.15) is 0 Å². The lowest BCUT2D eigenvalue weighted by atomic mass is 9.94. The number of hydrogen-bond donors (Lipinski definition) is 2. The first-order valence-electron chi connectivity index (χ1n) is 10.3. The van der Waals surface area contributed by atoms with Crippen LogP contribution in [0.2, 0.25) is 0 Å². The van der Waals surface area contributed by atoms with Crippen molar-refractivity contribution in [2.24, 2.45) is 0 Å². The first-order chi connectivity index (χ1) is 13.8. The number of piperidine rings is 1. The number of benzene rings is 2. The molecule has 1 unspecified atom stereocenters. The Labute approximate surface area is 169 Å². The second kappa shape index (κ2) is 7.64. The standard InChI is InChI=1S/C23H25N3OS/c27-22(24-18-12-13-18)21(16-7-2-1-3-8-16)26-14-6-9-17(15-26)23-25-19-10-4-5-11-20(19)28-23/h1-5,7-8,10-11,17-18,21H,6,9,12-15H2,(H,24,27)/p+1/t17-,21-/m0/s1. The molecular formula is C23H26N3OS+. The van der Waals surface area contributed by atoms with Crippen LogP contribution in [0.4, 0.5) is 0 Å². The van der Waals surface area contributed by atoms with Crippen LogP contribution in [0.25, 0.3) is 10.2 Å². The third-order valence-corrected chi connectivity index (χ3v) is 7.14. The number of hydrogen-bond acceptors (Lipinski definition) is 3. The first kappa shape index (κ1) is 17.8. The van der Waals surface area contributed by atoms with Crippen molar-refractivity contribution in [2.45, 2.75) is 43.7 Å². The molecule has 1 saturated carbocycles. The smallest absolute Gasteiger partial charge is 0.283 e. The molecule has 0 radical (unpaired) electrons. The van der Waals surface area contributed by atoms with Crippen LogP contribution in [0.1, 0.15) is 48.2 Å². The van der Waals surface area contributed by atoms with Crippen molar-refractivity contribution in [2.75, 3.05) is 13.1 Å². The number of carbonyl (C=O) groups is 1. The summed E-state index contributed by atoms with van der Waals surface area (Å²) in [6.45, 7) is 2.01. The number of likely N-dealkylation sites (tertiary alicyclic amines) is 1. The topological polar surface area (TPSA) is 46.4 Å². The SMILES string of the molecule is O=C(NC1CC1)[C@H](c1ccccc1)[NH+]1CCC[C@H](c2nc3ccccc3s2)C1. The Bertz CT molecular complexity index is 933. The summed E-state index contributed by atoms with van der Waals surface area (Å²) in [4.78, 5) is 19.4. The molecule has 2 aromatic carbocycles. The van der Waals surface area contributed by atoms with Crippen LogP contribution in [-0.4, -0.2) is 30.0 Å². The number of aromatic nitrogens is 1. The van der Waals surface area contributed by atoms with E-state index in [0.717, 1.165) is 49.9 Å². The van der Waals surface area contributed by atoms with Crippen molar-refractivity contribution in [1.29, 1.82) is 0 Å². The van der Waals surface area contributed by atoms with Crippen LogP contribution < -0.4 is 10.2 Å². The van der Waals surface area contributed by atoms with E-state index in [1.807, 2.05) is 29.5 Å². The number of carbonyl (C=O) groups excluding carboxylic acids is 1. The largest absolute Gasteiger partial charge is 0.348 e. The molecule has 1 aliphatic heterocycles. The van der Waals surface area contributed by atoms with Crippen LogP contribution in [0, 0.1) is 0 Å². The molecule has 1 aromatic heterocycles. The van der Waals surface area contributed by atoms with E-state index in [-0.39, 0.29) is 11.9 Å². The van der Waals surface area contributed by atoms with Gasteiger partial charge in [0.15, 0.2) is 6.04 Å². The van der Waals surface area contributed by atoms with Crippen LogP contribution >= 0.6 is 11.3 Å². The number of para-hydroxylation sites is 1. The zero-order chi connectivity index (χ0) is 18.9. The highest BCUT2D eigenvalue weighted by Crippen LogP contribution is 2.31. The van der Waals surface area contributed by atoms with E-state index < -0.39 is 0 Å². The monoisotopic (exact) mass is 392 g/mol. The maximum Gasteiger partial charge on any atom is 0.283 e. The number of quaternary nitrogens is 1. The molecule has 1 saturated heterocycles. The summed E-state index contributed by atoms with van der Waals surface area (Å²) in [6.07, 6.45) is 4.54. The molecule has 3 atom stereocenters. The van der Waals surface area contributed by atoms with E-state index in [1.54, 1.807) is 0 Å². The van der Waals surface area contributed by atoms with Crippen LogP contribution in [0.15, 0.2) is 54.6 Å². The van der Waals surface area contributed by atoms with Crippen LogP contribution in [0.5, 0.6) is 0 Å². The molecule has 4 nitrogen and oxygen atoms in total. The van der Waals surface area contributed by atoms with E-state index in [4.69, 9.17) is 4.98 Å². The van der Waals surface area contributed by atoms with Gasteiger partial charge in [0.1, 0.15) is 5.01 Å². The maximum atomic E-state index is 13.1. The fourth-order valence-corrected chi connectivity index (χ4v) is 5.47. The molecule has 2 heterocycles. The van der Waals surface area contributed by atoms with Gasteiger partial charge < -0.3 is 10.2 Å². The maximum absolute atomic E-state index is 13.1. The highest BCUT2D eigenvalue weighted by molar-refractivity contribution is 7.18. The second-order valence-electron chi connectivity index (χ2n) is 8.10. The summed E-state index contributed by atoms with van der Waals surface area (Å²) < 4.78 is 1.26.